The van der Waals surface area contributed by atoms with Gasteiger partial charge in [0.1, 0.15) is 10.7 Å². The van der Waals surface area contributed by atoms with E-state index in [1.54, 1.807) is 6.07 Å². The number of nitrogens with zero attached hydrogens (tertiary/aromatic N) is 1. The summed E-state index contributed by atoms with van der Waals surface area (Å²) in [5.41, 5.74) is 2.45. The lowest BCUT2D eigenvalue weighted by atomic mass is 10.0. The number of hydrogen-bond acceptors (Lipinski definition) is 4. The average molecular weight is 407 g/mol. The number of aryl methyl sites for hydroxylation is 2. The van der Waals surface area contributed by atoms with Crippen molar-refractivity contribution >= 4 is 40.0 Å². The van der Waals surface area contributed by atoms with E-state index in [0.717, 1.165) is 11.1 Å². The van der Waals surface area contributed by atoms with E-state index in [-0.39, 0.29) is 11.3 Å². The number of rotatable bonds is 5. The second-order valence-electron chi connectivity index (χ2n) is 6.17. The molecular formula is C19H19ClN2O4S. The van der Waals surface area contributed by atoms with Gasteiger partial charge >= 0.3 is 5.97 Å². The highest BCUT2D eigenvalue weighted by Gasteiger charge is 2.28. The number of benzene rings is 1. The number of nitrogens with one attached hydrogen (secondary N) is 1. The highest BCUT2D eigenvalue weighted by Crippen LogP contribution is 2.30. The summed E-state index contributed by atoms with van der Waals surface area (Å²) in [6.07, 6.45) is 1.77. The molecule has 142 valence electrons. The Labute approximate surface area is 164 Å². The Morgan fingerprint density at radius 2 is 2.04 bits per heavy atom. The molecule has 3 rings (SSSR count). The molecule has 2 N–H and O–H groups in total. The third-order valence-corrected chi connectivity index (χ3v) is 6.31. The van der Waals surface area contributed by atoms with Crippen molar-refractivity contribution in [1.29, 1.82) is 0 Å². The van der Waals surface area contributed by atoms with E-state index in [1.165, 1.54) is 6.07 Å². The van der Waals surface area contributed by atoms with Crippen LogP contribution in [0.2, 0.25) is 5.02 Å². The zero-order valence-electron chi connectivity index (χ0n) is 15.0. The molecule has 8 heteroatoms. The van der Waals surface area contributed by atoms with Crippen LogP contribution >= 0.6 is 11.6 Å². The highest BCUT2D eigenvalue weighted by molar-refractivity contribution is 7.85. The van der Waals surface area contributed by atoms with Crippen molar-refractivity contribution in [1.82, 2.24) is 4.98 Å². The summed E-state index contributed by atoms with van der Waals surface area (Å²) in [6.45, 7) is 3.88. The minimum absolute atomic E-state index is 0.191. The first kappa shape index (κ1) is 19.5. The first-order valence-electron chi connectivity index (χ1n) is 8.64. The number of fused-ring (bicyclic) bond motifs is 1. The third-order valence-electron chi connectivity index (χ3n) is 4.59. The van der Waals surface area contributed by atoms with E-state index in [4.69, 9.17) is 11.6 Å². The van der Waals surface area contributed by atoms with E-state index in [0.29, 0.717) is 46.3 Å². The number of carboxylic acid groups (broad SMARTS) is 1. The van der Waals surface area contributed by atoms with Gasteiger partial charge in [-0.1, -0.05) is 31.5 Å². The fourth-order valence-corrected chi connectivity index (χ4v) is 4.73. The van der Waals surface area contributed by atoms with Gasteiger partial charge < -0.3 is 10.4 Å². The molecule has 1 aliphatic rings. The predicted molar refractivity (Wildman–Crippen MR) is 104 cm³/mol. The van der Waals surface area contributed by atoms with Crippen LogP contribution in [0.15, 0.2) is 23.2 Å². The monoisotopic (exact) mass is 406 g/mol. The Balaban J connectivity index is 2.08. The molecule has 1 unspecified atom stereocenters. The molecule has 0 bridgehead atoms. The number of anilines is 1. The number of halogens is 1. The lowest BCUT2D eigenvalue weighted by Crippen LogP contribution is -2.21. The van der Waals surface area contributed by atoms with Crippen molar-refractivity contribution < 1.29 is 18.9 Å². The topological polar surface area (TPSA) is 96.4 Å². The molecule has 1 aromatic heterocycles. The van der Waals surface area contributed by atoms with Crippen molar-refractivity contribution in [3.63, 3.8) is 0 Å². The van der Waals surface area contributed by atoms with Crippen LogP contribution in [0, 0.1) is 0 Å². The number of aromatic carboxylic acids is 1. The first-order valence-corrected chi connectivity index (χ1v) is 10.3. The molecule has 1 atom stereocenters. The van der Waals surface area contributed by atoms with Gasteiger partial charge in [-0.3, -0.25) is 9.00 Å². The van der Waals surface area contributed by atoms with Crippen LogP contribution in [0.25, 0.3) is 0 Å². The van der Waals surface area contributed by atoms with E-state index >= 15 is 0 Å². The minimum atomic E-state index is -1.31. The molecule has 0 aliphatic carbocycles. The standard InChI is InChI=1S/C19H19ClN2O4S/c1-3-10-5-6-14(20)12(4-2)15(10)21-17(23)16-13(19(24)25)9-11-7-8-27(26)18(11)22-16/h5-6,9H,3-4,7-8H2,1-2H3,(H,21,23)(H,24,25). The van der Waals surface area contributed by atoms with Crippen LogP contribution < -0.4 is 5.32 Å². The molecule has 1 aromatic carbocycles. The van der Waals surface area contributed by atoms with Crippen LogP contribution in [0.3, 0.4) is 0 Å². The molecule has 1 aliphatic heterocycles. The van der Waals surface area contributed by atoms with Gasteiger partial charge in [0, 0.05) is 16.5 Å². The van der Waals surface area contributed by atoms with Gasteiger partial charge in [-0.25, -0.2) is 9.78 Å². The Hall–Kier alpha value is -2.25. The quantitative estimate of drug-likeness (QED) is 0.792. The SMILES string of the molecule is CCc1ccc(Cl)c(CC)c1NC(=O)c1nc2c(cc1C(=O)O)CCS2=O. The largest absolute Gasteiger partial charge is 0.478 e. The number of carbonyl (C=O) groups excluding carboxylic acids is 1. The maximum Gasteiger partial charge on any atom is 0.338 e. The normalized spacial score (nSPS) is 15.4. The summed E-state index contributed by atoms with van der Waals surface area (Å²) in [6, 6.07) is 5.03. The van der Waals surface area contributed by atoms with Crippen molar-refractivity contribution in [2.75, 3.05) is 11.1 Å². The molecule has 0 spiro atoms. The van der Waals surface area contributed by atoms with E-state index < -0.39 is 22.7 Å². The van der Waals surface area contributed by atoms with Crippen LogP contribution in [0.5, 0.6) is 0 Å². The van der Waals surface area contributed by atoms with Crippen molar-refractivity contribution in [3.8, 4) is 0 Å². The number of aromatic nitrogens is 1. The molecule has 2 aromatic rings. The molecule has 6 nitrogen and oxygen atoms in total. The van der Waals surface area contributed by atoms with Gasteiger partial charge in [-0.05, 0) is 48.1 Å². The first-order chi connectivity index (χ1) is 12.9. The van der Waals surface area contributed by atoms with Gasteiger partial charge in [0.25, 0.3) is 5.91 Å². The summed E-state index contributed by atoms with van der Waals surface area (Å²) in [5, 5.41) is 13.1. The second kappa shape index (κ2) is 7.78. The number of hydrogen-bond donors (Lipinski definition) is 2. The molecule has 27 heavy (non-hydrogen) atoms. The second-order valence-corrected chi connectivity index (χ2v) is 8.07. The van der Waals surface area contributed by atoms with Crippen LogP contribution in [-0.4, -0.2) is 31.9 Å². The molecule has 0 fully saturated rings. The molecule has 2 heterocycles. The van der Waals surface area contributed by atoms with E-state index in [1.807, 2.05) is 19.9 Å². The van der Waals surface area contributed by atoms with Crippen LogP contribution in [0.4, 0.5) is 5.69 Å². The molecule has 0 saturated heterocycles. The van der Waals surface area contributed by atoms with E-state index in [9.17, 15) is 18.9 Å². The average Bonchev–Trinajstić information content (AvgIpc) is 3.01. The zero-order chi connectivity index (χ0) is 19.7. The number of carboxylic acids is 1. The fourth-order valence-electron chi connectivity index (χ4n) is 3.19. The van der Waals surface area contributed by atoms with Gasteiger partial charge in [0.05, 0.1) is 16.4 Å². The van der Waals surface area contributed by atoms with Crippen molar-refractivity contribution in [2.24, 2.45) is 0 Å². The lowest BCUT2D eigenvalue weighted by Gasteiger charge is -2.16. The smallest absolute Gasteiger partial charge is 0.338 e. The third kappa shape index (κ3) is 3.61. The van der Waals surface area contributed by atoms with Gasteiger partial charge in [-0.15, -0.1) is 0 Å². The number of amides is 1. The van der Waals surface area contributed by atoms with Crippen molar-refractivity contribution in [3.05, 3.63) is 51.2 Å². The fraction of sp³-hybridized carbons (Fsp3) is 0.316. The maximum atomic E-state index is 12.9. The Morgan fingerprint density at radius 1 is 1.30 bits per heavy atom. The lowest BCUT2D eigenvalue weighted by molar-refractivity contribution is 0.0691. The van der Waals surface area contributed by atoms with Crippen molar-refractivity contribution in [2.45, 2.75) is 38.1 Å². The minimum Gasteiger partial charge on any atom is -0.478 e. The summed E-state index contributed by atoms with van der Waals surface area (Å²) in [5.74, 6) is -1.50. The summed E-state index contributed by atoms with van der Waals surface area (Å²) in [7, 11) is -1.31. The zero-order valence-corrected chi connectivity index (χ0v) is 16.5. The van der Waals surface area contributed by atoms with E-state index in [2.05, 4.69) is 10.3 Å². The number of pyridine rings is 1. The summed E-state index contributed by atoms with van der Waals surface area (Å²) >= 11 is 6.26. The van der Waals surface area contributed by atoms with Crippen LogP contribution in [-0.2, 0) is 30.1 Å². The molecule has 1 amide bonds. The maximum absolute atomic E-state index is 12.9. The Kier molecular flexibility index (Phi) is 5.62. The molecule has 0 radical (unpaired) electrons. The highest BCUT2D eigenvalue weighted by atomic mass is 35.5. The summed E-state index contributed by atoms with van der Waals surface area (Å²) < 4.78 is 12.1. The Morgan fingerprint density at radius 3 is 2.67 bits per heavy atom. The predicted octanol–water partition coefficient (Wildman–Crippen LogP) is 3.47. The molecule has 0 saturated carbocycles. The number of carbonyl (C=O) groups is 2. The van der Waals surface area contributed by atoms with Gasteiger partial charge in [-0.2, -0.15) is 0 Å². The van der Waals surface area contributed by atoms with Gasteiger partial charge in [0.15, 0.2) is 0 Å². The Bertz CT molecular complexity index is 975. The van der Waals surface area contributed by atoms with Gasteiger partial charge in [0.2, 0.25) is 0 Å². The summed E-state index contributed by atoms with van der Waals surface area (Å²) in [4.78, 5) is 28.7. The van der Waals surface area contributed by atoms with Crippen LogP contribution in [0.1, 0.15) is 51.4 Å². The molecular weight excluding hydrogens is 388 g/mol.